The maximum atomic E-state index is 12.4. The third-order valence-corrected chi connectivity index (χ3v) is 5.80. The molecule has 0 saturated carbocycles. The number of primary sulfonamides is 1. The van der Waals surface area contributed by atoms with Gasteiger partial charge in [-0.3, -0.25) is 4.79 Å². The number of carbonyl (C=O) groups is 2. The predicted octanol–water partition coefficient (Wildman–Crippen LogP) is 1.91. The number of sulfonamides is 1. The molecule has 29 heavy (non-hydrogen) atoms. The van der Waals surface area contributed by atoms with E-state index in [2.05, 4.69) is 5.32 Å². The Balaban J connectivity index is 1.50. The van der Waals surface area contributed by atoms with Gasteiger partial charge >= 0.3 is 6.03 Å². The zero-order valence-corrected chi connectivity index (χ0v) is 17.1. The summed E-state index contributed by atoms with van der Waals surface area (Å²) in [5.74, 6) is 0.00552. The Labute approximate surface area is 174 Å². The van der Waals surface area contributed by atoms with Gasteiger partial charge in [-0.2, -0.15) is 0 Å². The van der Waals surface area contributed by atoms with Crippen molar-refractivity contribution in [3.05, 3.63) is 59.1 Å². The molecule has 1 aliphatic heterocycles. The van der Waals surface area contributed by atoms with Crippen LogP contribution in [0.3, 0.4) is 0 Å². The molecular weight excluding hydrogens is 416 g/mol. The largest absolute Gasteiger partial charge is 0.339 e. The summed E-state index contributed by atoms with van der Waals surface area (Å²) in [5.41, 5.74) is 1.35. The highest BCUT2D eigenvalue weighted by atomic mass is 35.5. The highest BCUT2D eigenvalue weighted by molar-refractivity contribution is 7.89. The zero-order valence-electron chi connectivity index (χ0n) is 15.5. The fourth-order valence-corrected chi connectivity index (χ4v) is 3.62. The molecule has 1 fully saturated rings. The minimum atomic E-state index is -3.77. The summed E-state index contributed by atoms with van der Waals surface area (Å²) >= 11 is 5.86. The van der Waals surface area contributed by atoms with Crippen LogP contribution in [0.2, 0.25) is 5.02 Å². The first-order chi connectivity index (χ1) is 13.7. The Morgan fingerprint density at radius 3 is 2.03 bits per heavy atom. The van der Waals surface area contributed by atoms with Crippen LogP contribution in [0.5, 0.6) is 0 Å². The van der Waals surface area contributed by atoms with Crippen LogP contribution >= 0.6 is 11.6 Å². The van der Waals surface area contributed by atoms with Crippen LogP contribution in [-0.2, 0) is 21.2 Å². The second-order valence-electron chi connectivity index (χ2n) is 6.67. The quantitative estimate of drug-likeness (QED) is 0.762. The maximum Gasteiger partial charge on any atom is 0.321 e. The van der Waals surface area contributed by atoms with Gasteiger partial charge in [0.15, 0.2) is 0 Å². The molecule has 1 heterocycles. The Kier molecular flexibility index (Phi) is 6.41. The fourth-order valence-electron chi connectivity index (χ4n) is 2.98. The smallest absolute Gasteiger partial charge is 0.321 e. The molecule has 0 unspecified atom stereocenters. The van der Waals surface area contributed by atoms with Crippen LogP contribution in [0.4, 0.5) is 10.5 Å². The Morgan fingerprint density at radius 1 is 0.931 bits per heavy atom. The van der Waals surface area contributed by atoms with Crippen LogP contribution < -0.4 is 10.5 Å². The zero-order chi connectivity index (χ0) is 21.0. The number of nitrogens with one attached hydrogen (secondary N) is 1. The van der Waals surface area contributed by atoms with E-state index in [4.69, 9.17) is 16.7 Å². The predicted molar refractivity (Wildman–Crippen MR) is 110 cm³/mol. The third-order valence-electron chi connectivity index (χ3n) is 4.62. The van der Waals surface area contributed by atoms with Gasteiger partial charge in [0, 0.05) is 36.9 Å². The second kappa shape index (κ2) is 8.81. The van der Waals surface area contributed by atoms with E-state index in [-0.39, 0.29) is 16.8 Å². The molecule has 3 rings (SSSR count). The van der Waals surface area contributed by atoms with Crippen LogP contribution in [0.1, 0.15) is 5.56 Å². The molecule has 0 bridgehead atoms. The van der Waals surface area contributed by atoms with Crippen molar-refractivity contribution < 1.29 is 18.0 Å². The van der Waals surface area contributed by atoms with Gasteiger partial charge in [-0.1, -0.05) is 23.7 Å². The number of carbonyl (C=O) groups excluding carboxylic acids is 2. The van der Waals surface area contributed by atoms with Gasteiger partial charge in [0.25, 0.3) is 0 Å². The average molecular weight is 437 g/mol. The van der Waals surface area contributed by atoms with Crippen molar-refractivity contribution in [2.45, 2.75) is 11.3 Å². The molecule has 2 aromatic rings. The fraction of sp³-hybridized carbons (Fsp3) is 0.263. The summed E-state index contributed by atoms with van der Waals surface area (Å²) < 4.78 is 22.5. The minimum absolute atomic E-state index is 0.00552. The Hall–Kier alpha value is -2.62. The van der Waals surface area contributed by atoms with Gasteiger partial charge < -0.3 is 15.1 Å². The van der Waals surface area contributed by atoms with E-state index in [9.17, 15) is 18.0 Å². The van der Waals surface area contributed by atoms with Gasteiger partial charge in [-0.25, -0.2) is 18.4 Å². The molecule has 0 radical (unpaired) electrons. The van der Waals surface area contributed by atoms with Crippen LogP contribution in [0, 0.1) is 0 Å². The molecule has 2 aromatic carbocycles. The number of piperazine rings is 1. The van der Waals surface area contributed by atoms with Crippen LogP contribution in [0.15, 0.2) is 53.4 Å². The Morgan fingerprint density at radius 2 is 1.48 bits per heavy atom. The van der Waals surface area contributed by atoms with Crippen molar-refractivity contribution in [1.82, 2.24) is 9.80 Å². The van der Waals surface area contributed by atoms with Gasteiger partial charge in [0.1, 0.15) is 0 Å². The monoisotopic (exact) mass is 436 g/mol. The first-order valence-corrected chi connectivity index (χ1v) is 10.9. The molecule has 8 nitrogen and oxygen atoms in total. The standard InChI is InChI=1S/C19H21ClN4O4S/c20-15-3-1-14(2-4-15)13-18(25)23-9-11-24(12-10-23)19(26)22-16-5-7-17(8-6-16)29(21,27)28/h1-8H,9-13H2,(H,22,26)(H2,21,27,28). The number of nitrogens with two attached hydrogens (primary N) is 1. The van der Waals surface area contributed by atoms with Crippen molar-refractivity contribution in [2.24, 2.45) is 5.14 Å². The molecule has 154 valence electrons. The summed E-state index contributed by atoms with van der Waals surface area (Å²) in [6.07, 6.45) is 0.291. The first-order valence-electron chi connectivity index (χ1n) is 8.93. The first kappa shape index (κ1) is 21.1. The van der Waals surface area contributed by atoms with Gasteiger partial charge in [-0.15, -0.1) is 0 Å². The SMILES string of the molecule is NS(=O)(=O)c1ccc(NC(=O)N2CCN(C(=O)Cc3ccc(Cl)cc3)CC2)cc1. The number of urea groups is 1. The molecule has 3 amide bonds. The molecule has 0 aliphatic carbocycles. The van der Waals surface area contributed by atoms with Crippen molar-refractivity contribution in [1.29, 1.82) is 0 Å². The molecule has 1 aliphatic rings. The lowest BCUT2D eigenvalue weighted by atomic mass is 10.1. The van der Waals surface area contributed by atoms with Crippen LogP contribution in [-0.4, -0.2) is 56.3 Å². The number of rotatable bonds is 4. The van der Waals surface area contributed by atoms with Gasteiger partial charge in [-0.05, 0) is 42.0 Å². The van der Waals surface area contributed by atoms with E-state index in [0.29, 0.717) is 43.3 Å². The summed E-state index contributed by atoms with van der Waals surface area (Å²) in [6, 6.07) is 12.5. The number of nitrogens with zero attached hydrogens (tertiary/aromatic N) is 2. The highest BCUT2D eigenvalue weighted by Crippen LogP contribution is 2.15. The lowest BCUT2D eigenvalue weighted by Crippen LogP contribution is -2.52. The Bertz CT molecular complexity index is 986. The van der Waals surface area contributed by atoms with Crippen molar-refractivity contribution in [2.75, 3.05) is 31.5 Å². The molecule has 0 atom stereocenters. The van der Waals surface area contributed by atoms with Crippen LogP contribution in [0.25, 0.3) is 0 Å². The van der Waals surface area contributed by atoms with E-state index in [1.165, 1.54) is 24.3 Å². The van der Waals surface area contributed by atoms with E-state index in [1.807, 2.05) is 12.1 Å². The number of halogens is 1. The topological polar surface area (TPSA) is 113 Å². The number of hydrogen-bond acceptors (Lipinski definition) is 4. The number of benzene rings is 2. The van der Waals surface area contributed by atoms with E-state index < -0.39 is 10.0 Å². The van der Waals surface area contributed by atoms with Gasteiger partial charge in [0.2, 0.25) is 15.9 Å². The second-order valence-corrected chi connectivity index (χ2v) is 8.67. The van der Waals surface area contributed by atoms with E-state index in [0.717, 1.165) is 5.56 Å². The normalized spacial score (nSPS) is 14.6. The molecule has 10 heteroatoms. The van der Waals surface area contributed by atoms with Gasteiger partial charge in [0.05, 0.1) is 11.3 Å². The van der Waals surface area contributed by atoms with Crippen molar-refractivity contribution in [3.63, 3.8) is 0 Å². The minimum Gasteiger partial charge on any atom is -0.339 e. The lowest BCUT2D eigenvalue weighted by Gasteiger charge is -2.34. The summed E-state index contributed by atoms with van der Waals surface area (Å²) in [4.78, 5) is 28.2. The number of amides is 3. The molecular formula is C19H21ClN4O4S. The molecule has 1 saturated heterocycles. The molecule has 0 spiro atoms. The third kappa shape index (κ3) is 5.69. The van der Waals surface area contributed by atoms with E-state index in [1.54, 1.807) is 21.9 Å². The molecule has 3 N–H and O–H groups in total. The summed E-state index contributed by atoms with van der Waals surface area (Å²) in [7, 11) is -3.77. The lowest BCUT2D eigenvalue weighted by molar-refractivity contribution is -0.131. The highest BCUT2D eigenvalue weighted by Gasteiger charge is 2.24. The summed E-state index contributed by atoms with van der Waals surface area (Å²) in [6.45, 7) is 1.72. The summed E-state index contributed by atoms with van der Waals surface area (Å²) in [5, 5.41) is 8.40. The maximum absolute atomic E-state index is 12.4. The molecule has 0 aromatic heterocycles. The number of hydrogen-bond donors (Lipinski definition) is 2. The van der Waals surface area contributed by atoms with E-state index >= 15 is 0 Å². The average Bonchev–Trinajstić information content (AvgIpc) is 2.69. The van der Waals surface area contributed by atoms with Crippen molar-refractivity contribution in [3.8, 4) is 0 Å². The van der Waals surface area contributed by atoms with Crippen molar-refractivity contribution >= 4 is 39.2 Å². The number of anilines is 1.